The number of pyridine rings is 1. The molecule has 188 valence electrons. The molecule has 0 radical (unpaired) electrons. The molecule has 0 spiro atoms. The Hall–Kier alpha value is -4.49. The first-order valence-corrected chi connectivity index (χ1v) is 13.2. The zero-order chi connectivity index (χ0) is 26.1. The predicted molar refractivity (Wildman–Crippen MR) is 149 cm³/mol. The monoisotopic (exact) mass is 520 g/mol. The summed E-state index contributed by atoms with van der Waals surface area (Å²) in [4.78, 5) is 33.8. The second kappa shape index (κ2) is 10.1. The van der Waals surface area contributed by atoms with Crippen molar-refractivity contribution >= 4 is 17.1 Å². The minimum Gasteiger partial charge on any atom is -0.497 e. The second-order valence-electron chi connectivity index (χ2n) is 9.18. The molecule has 0 amide bonds. The van der Waals surface area contributed by atoms with Crippen LogP contribution in [0.3, 0.4) is 0 Å². The van der Waals surface area contributed by atoms with Crippen molar-refractivity contribution in [2.24, 2.45) is 0 Å². The van der Waals surface area contributed by atoms with Gasteiger partial charge in [0.15, 0.2) is 5.78 Å². The van der Waals surface area contributed by atoms with Gasteiger partial charge in [0, 0.05) is 28.6 Å². The molecule has 1 atom stereocenters. The highest BCUT2D eigenvalue weighted by Crippen LogP contribution is 2.35. The quantitative estimate of drug-likeness (QED) is 0.264. The number of benzene rings is 3. The lowest BCUT2D eigenvalue weighted by atomic mass is 9.81. The topological polar surface area (TPSA) is 81.3 Å². The van der Waals surface area contributed by atoms with E-state index in [4.69, 9.17) is 14.5 Å². The maximum absolute atomic E-state index is 13.1. The van der Waals surface area contributed by atoms with Crippen LogP contribution in [-0.4, -0.2) is 22.9 Å². The van der Waals surface area contributed by atoms with Crippen molar-refractivity contribution in [2.75, 3.05) is 7.11 Å². The molecule has 0 saturated carbocycles. The van der Waals surface area contributed by atoms with E-state index in [-0.39, 0.29) is 17.3 Å². The first-order valence-electron chi connectivity index (χ1n) is 12.3. The van der Waals surface area contributed by atoms with E-state index in [9.17, 15) is 9.59 Å². The lowest BCUT2D eigenvalue weighted by Crippen LogP contribution is -2.24. The van der Waals surface area contributed by atoms with Gasteiger partial charge < -0.3 is 14.5 Å². The highest BCUT2D eigenvalue weighted by atomic mass is 32.1. The zero-order valence-electron chi connectivity index (χ0n) is 20.6. The van der Waals surface area contributed by atoms with Gasteiger partial charge >= 0.3 is 0 Å². The Kier molecular flexibility index (Phi) is 6.35. The molecular weight excluding hydrogens is 496 g/mol. The molecule has 0 aliphatic heterocycles. The Balaban J connectivity index is 1.23. The number of aromatic amines is 1. The van der Waals surface area contributed by atoms with Crippen LogP contribution in [0.2, 0.25) is 0 Å². The number of ether oxygens (including phenoxy) is 2. The van der Waals surface area contributed by atoms with Crippen molar-refractivity contribution in [3.63, 3.8) is 0 Å². The Labute approximate surface area is 223 Å². The zero-order valence-corrected chi connectivity index (χ0v) is 21.5. The van der Waals surface area contributed by atoms with Crippen LogP contribution in [0.4, 0.5) is 0 Å². The fraction of sp³-hybridized carbons (Fsp3) is 0.129. The van der Waals surface area contributed by atoms with E-state index in [1.54, 1.807) is 13.2 Å². The van der Waals surface area contributed by atoms with E-state index in [1.807, 2.05) is 84.2 Å². The van der Waals surface area contributed by atoms with Crippen LogP contribution in [0.1, 0.15) is 34.0 Å². The molecule has 2 aromatic heterocycles. The molecule has 0 unspecified atom stereocenters. The number of methoxy groups -OCH3 is 1. The van der Waals surface area contributed by atoms with E-state index >= 15 is 0 Å². The molecule has 0 bridgehead atoms. The second-order valence-corrected chi connectivity index (χ2v) is 10.0. The fourth-order valence-corrected chi connectivity index (χ4v) is 5.59. The van der Waals surface area contributed by atoms with E-state index in [1.165, 1.54) is 11.3 Å². The van der Waals surface area contributed by atoms with Gasteiger partial charge in [-0.3, -0.25) is 9.59 Å². The third-order valence-electron chi connectivity index (χ3n) is 6.76. The summed E-state index contributed by atoms with van der Waals surface area (Å²) in [7, 11) is 1.63. The van der Waals surface area contributed by atoms with Crippen molar-refractivity contribution in [1.29, 1.82) is 0 Å². The Morgan fingerprint density at radius 2 is 1.55 bits per heavy atom. The molecule has 5 aromatic rings. The highest BCUT2D eigenvalue weighted by Gasteiger charge is 2.28. The highest BCUT2D eigenvalue weighted by molar-refractivity contribution is 7.13. The van der Waals surface area contributed by atoms with E-state index in [2.05, 4.69) is 4.98 Å². The van der Waals surface area contributed by atoms with Gasteiger partial charge in [0.05, 0.1) is 18.4 Å². The maximum Gasteiger partial charge on any atom is 0.258 e. The molecule has 6 nitrogen and oxygen atoms in total. The number of Topliss-reactive ketones (excluding diaryl/α,β-unsaturated/α-hetero) is 1. The number of fused-ring (bicyclic) bond motifs is 1. The summed E-state index contributed by atoms with van der Waals surface area (Å²) in [5.41, 5.74) is 4.17. The number of nitrogens with one attached hydrogen (secondary N) is 1. The minimum absolute atomic E-state index is 0.0164. The molecule has 1 aliphatic carbocycles. The summed E-state index contributed by atoms with van der Waals surface area (Å²) in [5.74, 6) is 2.31. The van der Waals surface area contributed by atoms with Crippen LogP contribution in [-0.2, 0) is 6.42 Å². The average Bonchev–Trinajstić information content (AvgIpc) is 3.44. The first kappa shape index (κ1) is 23.9. The molecule has 38 heavy (non-hydrogen) atoms. The summed E-state index contributed by atoms with van der Waals surface area (Å²) >= 11 is 1.39. The minimum atomic E-state index is -0.237. The van der Waals surface area contributed by atoms with Gasteiger partial charge in [-0.15, -0.1) is 11.3 Å². The predicted octanol–water partition coefficient (Wildman–Crippen LogP) is 6.88. The third kappa shape index (κ3) is 4.76. The van der Waals surface area contributed by atoms with Gasteiger partial charge in [0.1, 0.15) is 22.3 Å². The number of hydrogen-bond donors (Lipinski definition) is 1. The normalized spacial score (nSPS) is 14.7. The molecule has 7 heteroatoms. The largest absolute Gasteiger partial charge is 0.497 e. The summed E-state index contributed by atoms with van der Waals surface area (Å²) in [6.07, 6.45) is 0.995. The van der Waals surface area contributed by atoms with Gasteiger partial charge in [-0.2, -0.15) is 0 Å². The number of H-pyrrole nitrogens is 1. The van der Waals surface area contributed by atoms with Crippen molar-refractivity contribution in [2.45, 2.75) is 18.8 Å². The van der Waals surface area contributed by atoms with E-state index in [0.29, 0.717) is 34.7 Å². The van der Waals surface area contributed by atoms with Crippen LogP contribution in [0.15, 0.2) is 95.1 Å². The number of hydrogen-bond acceptors (Lipinski definition) is 6. The Morgan fingerprint density at radius 1 is 0.842 bits per heavy atom. The fourth-order valence-electron chi connectivity index (χ4n) is 4.75. The van der Waals surface area contributed by atoms with Gasteiger partial charge in [-0.05, 0) is 72.5 Å². The number of thiazole rings is 1. The summed E-state index contributed by atoms with van der Waals surface area (Å²) in [5, 5.41) is 2.50. The van der Waals surface area contributed by atoms with Gasteiger partial charge in [0.2, 0.25) is 0 Å². The van der Waals surface area contributed by atoms with Crippen molar-refractivity contribution in [3.8, 4) is 39.1 Å². The van der Waals surface area contributed by atoms with E-state index in [0.717, 1.165) is 34.1 Å². The molecule has 0 saturated heterocycles. The Morgan fingerprint density at radius 3 is 2.29 bits per heavy atom. The Bertz CT molecular complexity index is 1660. The molecule has 1 aliphatic rings. The molecule has 3 aromatic carbocycles. The smallest absolute Gasteiger partial charge is 0.258 e. The maximum atomic E-state index is 13.1. The lowest BCUT2D eigenvalue weighted by molar-refractivity contribution is 0.0963. The number of nitrogens with zero attached hydrogens (tertiary/aromatic N) is 1. The van der Waals surface area contributed by atoms with Gasteiger partial charge in [-0.1, -0.05) is 30.3 Å². The van der Waals surface area contributed by atoms with Crippen molar-refractivity contribution in [3.05, 3.63) is 117 Å². The molecule has 6 rings (SSSR count). The average molecular weight is 521 g/mol. The third-order valence-corrected chi connectivity index (χ3v) is 7.63. The van der Waals surface area contributed by atoms with Gasteiger partial charge in [0.25, 0.3) is 5.56 Å². The molecule has 1 N–H and O–H groups in total. The first-order chi connectivity index (χ1) is 18.6. The summed E-state index contributed by atoms with van der Waals surface area (Å²) in [6, 6.07) is 26.7. The number of ketones is 1. The van der Waals surface area contributed by atoms with Crippen molar-refractivity contribution in [1.82, 2.24) is 9.97 Å². The van der Waals surface area contributed by atoms with Crippen LogP contribution < -0.4 is 15.0 Å². The number of carbonyl (C=O) groups excluding carboxylic acids is 1. The number of para-hydroxylation sites is 1. The molecular formula is C31H24N2O4S. The van der Waals surface area contributed by atoms with Gasteiger partial charge in [-0.25, -0.2) is 4.98 Å². The van der Waals surface area contributed by atoms with Crippen LogP contribution >= 0.6 is 11.3 Å². The number of aromatic nitrogens is 2. The SMILES string of the molecule is COc1ccc([C@H]2CC(=O)c3cc(-c4nc(-c5ccc(Oc6ccccc6)cc5)cs4)c(=O)[nH]c3C2)cc1. The van der Waals surface area contributed by atoms with Crippen LogP contribution in [0, 0.1) is 0 Å². The van der Waals surface area contributed by atoms with Crippen LogP contribution in [0.5, 0.6) is 17.2 Å². The lowest BCUT2D eigenvalue weighted by Gasteiger charge is -2.24. The van der Waals surface area contributed by atoms with E-state index < -0.39 is 0 Å². The molecule has 2 heterocycles. The number of carbonyl (C=O) groups is 1. The number of rotatable bonds is 6. The standard InChI is InChI=1S/C31H24N2O4S/c1-36-22-11-7-19(8-12-22)21-15-27-25(29(34)16-21)17-26(30(35)32-27)31-33-28(18-38-31)20-9-13-24(14-10-20)37-23-5-3-2-4-6-23/h2-14,17-18,21H,15-16H2,1H3,(H,32,35)/t21-/m1/s1. The molecule has 0 fully saturated rings. The van der Waals surface area contributed by atoms with Crippen LogP contribution in [0.25, 0.3) is 21.8 Å². The van der Waals surface area contributed by atoms with Crippen molar-refractivity contribution < 1.29 is 14.3 Å². The summed E-state index contributed by atoms with van der Waals surface area (Å²) in [6.45, 7) is 0. The summed E-state index contributed by atoms with van der Waals surface area (Å²) < 4.78 is 11.1.